The van der Waals surface area contributed by atoms with Crippen LogP contribution in [0.1, 0.15) is 10.4 Å². The lowest BCUT2D eigenvalue weighted by molar-refractivity contribution is 0.0658. The molecule has 134 valence electrons. The van der Waals surface area contributed by atoms with Gasteiger partial charge in [0.2, 0.25) is 15.0 Å². The number of imidazole rings is 1. The number of amides is 1. The molecule has 6 nitrogen and oxygen atoms in total. The van der Waals surface area contributed by atoms with E-state index < -0.39 is 15.1 Å². The molecule has 1 aromatic carbocycles. The predicted octanol–water partition coefficient (Wildman–Crippen LogP) is 2.45. The zero-order valence-electron chi connectivity index (χ0n) is 14.1. The summed E-state index contributed by atoms with van der Waals surface area (Å²) in [5, 5.41) is 3.52. The van der Waals surface area contributed by atoms with Gasteiger partial charge in [-0.3, -0.25) is 4.79 Å². The summed E-state index contributed by atoms with van der Waals surface area (Å²) < 4.78 is 26.6. The number of carbonyl (C=O) groups excluding carboxylic acids is 1. The minimum Gasteiger partial charge on any atom is -0.336 e. The largest absolute Gasteiger partial charge is 0.336 e. The third-order valence-electron chi connectivity index (χ3n) is 4.59. The number of benzene rings is 1. The van der Waals surface area contributed by atoms with Crippen molar-refractivity contribution in [2.45, 2.75) is 10.4 Å². The van der Waals surface area contributed by atoms with Crippen LogP contribution in [0.2, 0.25) is 0 Å². The number of likely N-dealkylation sites (tertiary alicyclic amines) is 1. The molecule has 3 aromatic rings. The van der Waals surface area contributed by atoms with E-state index in [1.165, 1.54) is 10.8 Å². The number of hydrogen-bond acceptors (Lipinski definition) is 5. The van der Waals surface area contributed by atoms with Gasteiger partial charge < -0.3 is 9.47 Å². The Bertz CT molecular complexity index is 1030. The van der Waals surface area contributed by atoms with Crippen LogP contribution < -0.4 is 0 Å². The van der Waals surface area contributed by atoms with Crippen molar-refractivity contribution in [2.75, 3.05) is 13.1 Å². The lowest BCUT2D eigenvalue weighted by atomic mass is 10.1. The summed E-state index contributed by atoms with van der Waals surface area (Å²) in [6, 6.07) is 9.43. The van der Waals surface area contributed by atoms with E-state index in [4.69, 9.17) is 0 Å². The normalized spacial score (nSPS) is 15.0. The number of nitrogens with zero attached hydrogens (tertiary/aromatic N) is 3. The Morgan fingerprint density at radius 2 is 1.88 bits per heavy atom. The fraction of sp³-hybridized carbons (Fsp3) is 0.222. The Kier molecular flexibility index (Phi) is 4.16. The van der Waals surface area contributed by atoms with Crippen LogP contribution in [-0.4, -0.2) is 47.1 Å². The summed E-state index contributed by atoms with van der Waals surface area (Å²) in [6.07, 6.45) is 3.06. The molecule has 1 fully saturated rings. The summed E-state index contributed by atoms with van der Waals surface area (Å²) in [4.78, 5) is 18.0. The van der Waals surface area contributed by atoms with E-state index >= 15 is 0 Å². The molecule has 1 amide bonds. The average molecular weight is 387 g/mol. The van der Waals surface area contributed by atoms with E-state index in [2.05, 4.69) is 10.4 Å². The number of aromatic nitrogens is 2. The molecular formula is C18H17N3O3S2. The number of carbonyl (C=O) groups is 1. The molecular weight excluding hydrogens is 370 g/mol. The van der Waals surface area contributed by atoms with Crippen molar-refractivity contribution in [2.24, 2.45) is 7.05 Å². The monoisotopic (exact) mass is 387 g/mol. The van der Waals surface area contributed by atoms with E-state index in [-0.39, 0.29) is 24.2 Å². The Hall–Kier alpha value is -2.45. The number of thiophene rings is 1. The first-order valence-electron chi connectivity index (χ1n) is 8.10. The van der Waals surface area contributed by atoms with Crippen LogP contribution >= 0.6 is 11.3 Å². The molecule has 0 radical (unpaired) electrons. The number of rotatable bonds is 4. The fourth-order valence-corrected chi connectivity index (χ4v) is 5.38. The highest BCUT2D eigenvalue weighted by Crippen LogP contribution is 2.26. The molecule has 0 N–H and O–H groups in total. The number of hydrogen-bond donors (Lipinski definition) is 0. The molecule has 8 heteroatoms. The van der Waals surface area contributed by atoms with E-state index in [0.717, 1.165) is 11.1 Å². The van der Waals surface area contributed by atoms with Crippen molar-refractivity contribution in [3.05, 3.63) is 59.0 Å². The van der Waals surface area contributed by atoms with Gasteiger partial charge in [0, 0.05) is 38.1 Å². The molecule has 0 saturated carbocycles. The van der Waals surface area contributed by atoms with Gasteiger partial charge in [0.05, 0.1) is 0 Å². The van der Waals surface area contributed by atoms with Crippen LogP contribution in [0, 0.1) is 0 Å². The average Bonchev–Trinajstić information content (AvgIpc) is 3.25. The highest BCUT2D eigenvalue weighted by Gasteiger charge is 2.42. The van der Waals surface area contributed by atoms with E-state index in [9.17, 15) is 13.2 Å². The van der Waals surface area contributed by atoms with Gasteiger partial charge in [-0.2, -0.15) is 11.3 Å². The molecule has 1 aliphatic heterocycles. The van der Waals surface area contributed by atoms with Gasteiger partial charge in [-0.1, -0.05) is 12.1 Å². The van der Waals surface area contributed by atoms with Crippen molar-refractivity contribution in [3.63, 3.8) is 0 Å². The summed E-state index contributed by atoms with van der Waals surface area (Å²) >= 11 is 1.63. The molecule has 1 saturated heterocycles. The first kappa shape index (κ1) is 17.0. The van der Waals surface area contributed by atoms with Gasteiger partial charge in [-0.25, -0.2) is 13.4 Å². The van der Waals surface area contributed by atoms with Crippen LogP contribution in [0.3, 0.4) is 0 Å². The van der Waals surface area contributed by atoms with Gasteiger partial charge in [-0.15, -0.1) is 0 Å². The molecule has 4 rings (SSSR count). The van der Waals surface area contributed by atoms with Crippen molar-refractivity contribution in [1.29, 1.82) is 0 Å². The highest BCUT2D eigenvalue weighted by atomic mass is 32.2. The lowest BCUT2D eigenvalue weighted by Gasteiger charge is -2.38. The minimum atomic E-state index is -3.52. The molecule has 0 aliphatic carbocycles. The SMILES string of the molecule is Cn1ccnc1S(=O)(=O)C1CN(C(=O)c2ccc(-c3ccsc3)cc2)C1. The Morgan fingerprint density at radius 3 is 2.46 bits per heavy atom. The summed E-state index contributed by atoms with van der Waals surface area (Å²) in [5.74, 6) is -0.145. The Balaban J connectivity index is 1.44. The van der Waals surface area contributed by atoms with Crippen molar-refractivity contribution < 1.29 is 13.2 Å². The van der Waals surface area contributed by atoms with Crippen LogP contribution in [0.5, 0.6) is 0 Å². The van der Waals surface area contributed by atoms with Gasteiger partial charge in [0.25, 0.3) is 5.91 Å². The molecule has 0 bridgehead atoms. The third kappa shape index (κ3) is 2.85. The van der Waals surface area contributed by atoms with Crippen molar-refractivity contribution in [1.82, 2.24) is 14.5 Å². The van der Waals surface area contributed by atoms with E-state index in [1.807, 2.05) is 23.6 Å². The third-order valence-corrected chi connectivity index (χ3v) is 7.35. The molecule has 0 atom stereocenters. The second kappa shape index (κ2) is 6.37. The van der Waals surface area contributed by atoms with Crippen LogP contribution in [0.15, 0.2) is 58.6 Å². The van der Waals surface area contributed by atoms with Gasteiger partial charge in [0.15, 0.2) is 0 Å². The first-order valence-corrected chi connectivity index (χ1v) is 10.6. The van der Waals surface area contributed by atoms with Crippen molar-refractivity contribution >= 4 is 27.1 Å². The van der Waals surface area contributed by atoms with Gasteiger partial charge >= 0.3 is 0 Å². The minimum absolute atomic E-state index is 0.0507. The second-order valence-corrected chi connectivity index (χ2v) is 9.19. The second-order valence-electron chi connectivity index (χ2n) is 6.29. The topological polar surface area (TPSA) is 72.3 Å². The maximum Gasteiger partial charge on any atom is 0.253 e. The number of sulfone groups is 1. The molecule has 2 aromatic heterocycles. The molecule has 1 aliphatic rings. The van der Waals surface area contributed by atoms with Crippen molar-refractivity contribution in [3.8, 4) is 11.1 Å². The number of aryl methyl sites for hydroxylation is 1. The van der Waals surface area contributed by atoms with Gasteiger partial charge in [-0.05, 0) is 40.1 Å². The Morgan fingerprint density at radius 1 is 1.15 bits per heavy atom. The van der Waals surface area contributed by atoms with Crippen LogP contribution in [0.4, 0.5) is 0 Å². The quantitative estimate of drug-likeness (QED) is 0.689. The standard InChI is InChI=1S/C18H17N3O3S2/c1-20-8-7-19-18(20)26(23,24)16-10-21(11-16)17(22)14-4-2-13(3-5-14)15-6-9-25-12-15/h2-9,12,16H,10-11H2,1H3. The summed E-state index contributed by atoms with van der Waals surface area (Å²) in [6.45, 7) is 0.390. The van der Waals surface area contributed by atoms with E-state index in [0.29, 0.717) is 5.56 Å². The molecule has 3 heterocycles. The first-order chi connectivity index (χ1) is 12.5. The smallest absolute Gasteiger partial charge is 0.253 e. The zero-order valence-corrected chi connectivity index (χ0v) is 15.7. The fourth-order valence-electron chi connectivity index (χ4n) is 2.99. The molecule has 0 unspecified atom stereocenters. The molecule has 26 heavy (non-hydrogen) atoms. The molecule has 0 spiro atoms. The summed E-state index contributed by atoms with van der Waals surface area (Å²) in [5.41, 5.74) is 2.75. The lowest BCUT2D eigenvalue weighted by Crippen LogP contribution is -2.57. The maximum atomic E-state index is 12.6. The van der Waals surface area contributed by atoms with Crippen LogP contribution in [-0.2, 0) is 16.9 Å². The highest BCUT2D eigenvalue weighted by molar-refractivity contribution is 7.92. The van der Waals surface area contributed by atoms with Crippen LogP contribution in [0.25, 0.3) is 11.1 Å². The summed E-state index contributed by atoms with van der Waals surface area (Å²) in [7, 11) is -1.87. The van der Waals surface area contributed by atoms with E-state index in [1.54, 1.807) is 41.6 Å². The maximum absolute atomic E-state index is 12.6. The zero-order chi connectivity index (χ0) is 18.3. The van der Waals surface area contributed by atoms with Gasteiger partial charge in [0.1, 0.15) is 5.25 Å². The Labute approximate surface area is 155 Å². The predicted molar refractivity (Wildman–Crippen MR) is 99.8 cm³/mol.